The van der Waals surface area contributed by atoms with E-state index in [2.05, 4.69) is 26.1 Å². The summed E-state index contributed by atoms with van der Waals surface area (Å²) in [7, 11) is 6.57. The third-order valence-electron chi connectivity index (χ3n) is 21.8. The molecule has 37 heteroatoms. The SMILES string of the molecule is CCOC(=O)c1c(N2CCN(C(=O)c3ccc(Br)o3)CC2)c2ccccc2n(C)c1=O.CCOC(=O)c1c(N2CCN(C(=O)c3ccc([N+](=O)[O-])o3)CC2)c2ccccc2n(C)c1=O.CCOC(=O)c1c(N2CCN(C(=O)c3ccn[nH]3)CC2)c2ccccc2n(C)c1=O.CCOC(=O)c1c(N2CCN(C(=O)c3ccsc3)CC2)c2ccccc2n(C)c1=O. The fourth-order valence-electron chi connectivity index (χ4n) is 15.7. The molecule has 35 nitrogen and oxygen atoms in total. The van der Waals surface area contributed by atoms with Gasteiger partial charge in [0.2, 0.25) is 0 Å². The number of halogens is 1. The zero-order valence-corrected chi connectivity index (χ0v) is 71.7. The van der Waals surface area contributed by atoms with Crippen molar-refractivity contribution in [3.8, 4) is 0 Å². The number of thiophene rings is 1. The number of hydrogen-bond acceptors (Lipinski definition) is 26. The maximum atomic E-state index is 13.1. The number of nitrogens with zero attached hydrogens (tertiary/aromatic N) is 14. The van der Waals surface area contributed by atoms with Crippen molar-refractivity contribution in [2.75, 3.05) is 151 Å². The summed E-state index contributed by atoms with van der Waals surface area (Å²) in [4.78, 5) is 179. The van der Waals surface area contributed by atoms with E-state index in [1.807, 2.05) is 132 Å². The molecule has 4 saturated heterocycles. The maximum absolute atomic E-state index is 13.1. The van der Waals surface area contributed by atoms with Crippen molar-refractivity contribution in [1.29, 1.82) is 0 Å². The van der Waals surface area contributed by atoms with Gasteiger partial charge in [-0.15, -0.1) is 0 Å². The zero-order chi connectivity index (χ0) is 88.3. The summed E-state index contributed by atoms with van der Waals surface area (Å²) < 4.78 is 37.6. The van der Waals surface area contributed by atoms with Crippen LogP contribution in [0.15, 0.2) is 183 Å². The number of anilines is 4. The monoisotopic (exact) mass is 1780 g/mol. The Morgan fingerprint density at radius 1 is 0.411 bits per heavy atom. The number of esters is 4. The van der Waals surface area contributed by atoms with Gasteiger partial charge in [0, 0.05) is 166 Å². The Hall–Kier alpha value is -14.0. The molecule has 0 saturated carbocycles. The molecule has 4 fully saturated rings. The van der Waals surface area contributed by atoms with Crippen LogP contribution in [0, 0.1) is 10.1 Å². The number of benzene rings is 4. The molecular formula is C87H90BrN15O20S. The van der Waals surface area contributed by atoms with Gasteiger partial charge in [-0.1, -0.05) is 72.8 Å². The topological polar surface area (TPSA) is 386 Å². The van der Waals surface area contributed by atoms with E-state index < -0.39 is 57.3 Å². The number of carbonyl (C=O) groups is 8. The molecule has 646 valence electrons. The largest absolute Gasteiger partial charge is 0.462 e. The average Bonchev–Trinajstić information content (AvgIpc) is 0.940. The van der Waals surface area contributed by atoms with E-state index in [-0.39, 0.29) is 96.6 Å². The van der Waals surface area contributed by atoms with Gasteiger partial charge >= 0.3 is 29.8 Å². The molecule has 8 aromatic heterocycles. The van der Waals surface area contributed by atoms with Crippen molar-refractivity contribution in [3.05, 3.63) is 252 Å². The minimum absolute atomic E-state index is 0.00958. The molecule has 12 aromatic rings. The fraction of sp³-hybridized carbons (Fsp3) is 0.322. The second-order valence-electron chi connectivity index (χ2n) is 28.9. The van der Waals surface area contributed by atoms with Crippen molar-refractivity contribution >= 4 is 147 Å². The lowest BCUT2D eigenvalue weighted by atomic mass is 10.1. The molecule has 0 bridgehead atoms. The molecule has 16 rings (SSSR count). The first-order valence-corrected chi connectivity index (χ1v) is 41.9. The quantitative estimate of drug-likeness (QED) is 0.0383. The average molecular weight is 1780 g/mol. The Labute approximate surface area is 720 Å². The van der Waals surface area contributed by atoms with Gasteiger partial charge in [-0.3, -0.25) is 53.6 Å². The number of amides is 4. The number of ether oxygens (including phenoxy) is 4. The summed E-state index contributed by atoms with van der Waals surface area (Å²) in [5.41, 5.74) is 4.68. The fourth-order valence-corrected chi connectivity index (χ4v) is 16.6. The number of carbonyl (C=O) groups excluding carboxylic acids is 8. The van der Waals surface area contributed by atoms with Crippen molar-refractivity contribution in [2.45, 2.75) is 27.7 Å². The van der Waals surface area contributed by atoms with Gasteiger partial charge in [0.1, 0.15) is 32.9 Å². The minimum atomic E-state index is -0.702. The van der Waals surface area contributed by atoms with Crippen LogP contribution in [0.4, 0.5) is 28.6 Å². The first-order chi connectivity index (χ1) is 59.8. The summed E-state index contributed by atoms with van der Waals surface area (Å²) in [6, 6.07) is 39.0. The predicted molar refractivity (Wildman–Crippen MR) is 468 cm³/mol. The van der Waals surface area contributed by atoms with Crippen molar-refractivity contribution < 1.29 is 71.1 Å². The Morgan fingerprint density at radius 2 is 0.718 bits per heavy atom. The number of rotatable bonds is 17. The molecule has 4 aliphatic rings. The number of nitrogens with one attached hydrogen (secondary N) is 1. The van der Waals surface area contributed by atoms with Gasteiger partial charge in [-0.05, 0) is 104 Å². The summed E-state index contributed by atoms with van der Waals surface area (Å²) in [5.74, 6) is -3.67. The lowest BCUT2D eigenvalue weighted by molar-refractivity contribution is -0.402. The number of H-pyrrole nitrogens is 1. The number of aromatic amines is 1. The van der Waals surface area contributed by atoms with Crippen LogP contribution in [0.2, 0.25) is 0 Å². The maximum Gasteiger partial charge on any atom is 0.433 e. The number of furan rings is 2. The van der Waals surface area contributed by atoms with Crippen LogP contribution in [0.1, 0.15) is 111 Å². The normalized spacial score (nSPS) is 14.1. The molecule has 0 spiro atoms. The number of hydrogen-bond donors (Lipinski definition) is 1. The van der Waals surface area contributed by atoms with E-state index in [1.165, 1.54) is 40.6 Å². The summed E-state index contributed by atoms with van der Waals surface area (Å²) >= 11 is 4.71. The summed E-state index contributed by atoms with van der Waals surface area (Å²) in [6.45, 7) is 14.5. The highest BCUT2D eigenvalue weighted by Gasteiger charge is 2.37. The number of nitro groups is 1. The van der Waals surface area contributed by atoms with Crippen molar-refractivity contribution in [1.82, 2.24) is 48.1 Å². The third kappa shape index (κ3) is 18.0. The second-order valence-corrected chi connectivity index (χ2v) is 30.5. The van der Waals surface area contributed by atoms with E-state index in [0.29, 0.717) is 136 Å². The predicted octanol–water partition coefficient (Wildman–Crippen LogP) is 9.35. The number of pyridine rings is 4. The van der Waals surface area contributed by atoms with Crippen LogP contribution >= 0.6 is 27.3 Å². The van der Waals surface area contributed by atoms with Crippen LogP contribution in [0.3, 0.4) is 0 Å². The van der Waals surface area contributed by atoms with Crippen LogP contribution in [-0.2, 0) is 47.1 Å². The lowest BCUT2D eigenvalue weighted by Crippen LogP contribution is -2.49. The van der Waals surface area contributed by atoms with Crippen LogP contribution < -0.4 is 41.8 Å². The highest BCUT2D eigenvalue weighted by molar-refractivity contribution is 9.10. The van der Waals surface area contributed by atoms with Gasteiger partial charge in [-0.2, -0.15) is 16.4 Å². The van der Waals surface area contributed by atoms with Crippen LogP contribution in [-0.4, -0.2) is 232 Å². The lowest BCUT2D eigenvalue weighted by Gasteiger charge is -2.37. The molecule has 4 amide bonds. The van der Waals surface area contributed by atoms with Gasteiger partial charge in [0.25, 0.3) is 45.9 Å². The first-order valence-electron chi connectivity index (χ1n) is 40.1. The number of aryl methyl sites for hydroxylation is 4. The molecular weight excluding hydrogens is 1690 g/mol. The Morgan fingerprint density at radius 3 is 0.992 bits per heavy atom. The molecule has 0 aliphatic carbocycles. The van der Waals surface area contributed by atoms with E-state index in [1.54, 1.807) is 96.1 Å². The van der Waals surface area contributed by atoms with Gasteiger partial charge < -0.3 is 85.2 Å². The van der Waals surface area contributed by atoms with E-state index >= 15 is 0 Å². The molecule has 12 heterocycles. The van der Waals surface area contributed by atoms with Crippen LogP contribution in [0.25, 0.3) is 43.6 Å². The van der Waals surface area contributed by atoms with Gasteiger partial charge in [0.15, 0.2) is 16.2 Å². The van der Waals surface area contributed by atoms with Crippen molar-refractivity contribution in [2.24, 2.45) is 28.2 Å². The molecule has 124 heavy (non-hydrogen) atoms. The van der Waals surface area contributed by atoms with E-state index in [9.17, 15) is 67.6 Å². The number of fused-ring (bicyclic) bond motifs is 4. The zero-order valence-electron chi connectivity index (χ0n) is 69.3. The summed E-state index contributed by atoms with van der Waals surface area (Å²) in [6.07, 6.45) is 1.54. The molecule has 0 radical (unpaired) electrons. The molecule has 0 atom stereocenters. The molecule has 4 aromatic carbocycles. The number of piperazine rings is 4. The smallest absolute Gasteiger partial charge is 0.433 e. The number of aromatic nitrogens is 6. The Balaban J connectivity index is 0.000000142. The standard InChI is InChI=1S/C22H22BrN3O5.C22H22N4O7.C22H23N3O4S.C21H23N5O4/c1-3-30-22(29)18-19(14-6-4-5-7-15(14)24(2)21(18)28)25-10-12-26(13-11-25)20(27)16-8-9-17(23)31-16;1-3-32-22(29)18-19(14-6-4-5-7-15(14)23(2)21(18)28)24-10-12-25(13-11-24)20(27)16-8-9-17(33-16)26(30)31;1-3-29-22(28)18-19(16-6-4-5-7-17(16)23(2)21(18)27)24-9-11-25(12-10-24)20(26)15-8-13-30-14-15;1-3-30-21(29)17-18(14-6-4-5-7-16(14)24(2)20(17)28)25-10-12-26(13-11-25)19(27)15-8-9-22-23-15/h4-9H,3,10-13H2,1-2H3;4-9H,3,10-13H2,1-2H3;4-8,13-14H,3,9-12H2,1-2H3;4-9H,3,10-13H2,1-2H3,(H,22,23). The van der Waals surface area contributed by atoms with Crippen LogP contribution in [0.5, 0.6) is 0 Å². The van der Waals surface area contributed by atoms with E-state index in [0.717, 1.165) is 44.2 Å². The summed E-state index contributed by atoms with van der Waals surface area (Å²) in [5, 5.41) is 24.2. The highest BCUT2D eigenvalue weighted by atomic mass is 79.9. The van der Waals surface area contributed by atoms with Gasteiger partial charge in [-0.25, -0.2) is 19.2 Å². The van der Waals surface area contributed by atoms with E-state index in [4.69, 9.17) is 27.8 Å². The minimum Gasteiger partial charge on any atom is -0.462 e. The third-order valence-corrected chi connectivity index (χ3v) is 22.9. The molecule has 1 N–H and O–H groups in total. The first kappa shape index (κ1) is 87.8. The Bertz CT molecular complexity index is 6140. The number of para-hydroxylation sites is 4. The Kier molecular flexibility index (Phi) is 27.5. The van der Waals surface area contributed by atoms with Gasteiger partial charge in [0.05, 0.1) is 82.9 Å². The molecule has 4 aliphatic heterocycles. The highest BCUT2D eigenvalue weighted by Crippen LogP contribution is 2.36. The molecule has 0 unspecified atom stereocenters. The van der Waals surface area contributed by atoms with Crippen molar-refractivity contribution in [3.63, 3.8) is 0 Å². The second kappa shape index (κ2) is 38.8.